The Morgan fingerprint density at radius 1 is 1.22 bits per heavy atom. The molecule has 0 saturated carbocycles. The van der Waals surface area contributed by atoms with Crippen molar-refractivity contribution in [2.24, 2.45) is 5.11 Å². The fraction of sp³-hybridized carbons (Fsp3) is 0.474. The number of nitriles is 1. The van der Waals surface area contributed by atoms with Crippen LogP contribution in [0.25, 0.3) is 10.4 Å². The molecule has 0 aromatic heterocycles. The van der Waals surface area contributed by atoms with Crippen LogP contribution in [-0.4, -0.2) is 54.3 Å². The van der Waals surface area contributed by atoms with Crippen molar-refractivity contribution in [3.05, 3.63) is 39.2 Å². The first-order valence-electron chi connectivity index (χ1n) is 9.20. The fourth-order valence-corrected chi connectivity index (χ4v) is 4.45. The molecule has 13 heteroatoms. The number of nitrogens with zero attached hydrogens (tertiary/aromatic N) is 4. The predicted molar refractivity (Wildman–Crippen MR) is 111 cm³/mol. The van der Waals surface area contributed by atoms with Crippen LogP contribution in [0.3, 0.4) is 0 Å². The molecule has 1 heterocycles. The highest BCUT2D eigenvalue weighted by Crippen LogP contribution is 2.39. The lowest BCUT2D eigenvalue weighted by molar-refractivity contribution is -0.201. The van der Waals surface area contributed by atoms with Crippen molar-refractivity contribution < 1.29 is 33.3 Å². The van der Waals surface area contributed by atoms with Gasteiger partial charge in [0.25, 0.3) is 0 Å². The van der Waals surface area contributed by atoms with Crippen LogP contribution in [0.1, 0.15) is 26.3 Å². The number of ether oxygens (including phenoxy) is 4. The average molecular weight is 483 g/mol. The number of carbonyl (C=O) groups is 3. The molecule has 3 unspecified atom stereocenters. The Labute approximate surface area is 192 Å². The van der Waals surface area contributed by atoms with Crippen LogP contribution in [0.5, 0.6) is 0 Å². The van der Waals surface area contributed by atoms with E-state index in [0.29, 0.717) is 9.92 Å². The summed E-state index contributed by atoms with van der Waals surface area (Å²) in [5.41, 5.74) is 8.37. The van der Waals surface area contributed by atoms with Gasteiger partial charge in [-0.15, -0.1) is 0 Å². The molecule has 0 radical (unpaired) electrons. The monoisotopic (exact) mass is 482 g/mol. The number of thioether (sulfide) groups is 1. The zero-order valence-corrected chi connectivity index (χ0v) is 18.8. The smallest absolute Gasteiger partial charge is 0.303 e. The van der Waals surface area contributed by atoms with E-state index < -0.39 is 47.7 Å². The molecule has 1 aliphatic rings. The van der Waals surface area contributed by atoms with E-state index >= 15 is 0 Å². The maximum atomic E-state index is 11.8. The zero-order valence-electron chi connectivity index (χ0n) is 17.3. The highest BCUT2D eigenvalue weighted by atomic mass is 35.5. The minimum Gasteiger partial charge on any atom is -0.463 e. The van der Waals surface area contributed by atoms with E-state index in [2.05, 4.69) is 10.0 Å². The number of halogens is 1. The second-order valence-electron chi connectivity index (χ2n) is 6.56. The number of rotatable bonds is 7. The van der Waals surface area contributed by atoms with Crippen LogP contribution in [0, 0.1) is 11.3 Å². The van der Waals surface area contributed by atoms with Crippen LogP contribution in [-0.2, 0) is 33.3 Å². The molecular formula is C19H19ClN4O7S. The molecule has 11 nitrogen and oxygen atoms in total. The predicted octanol–water partition coefficient (Wildman–Crippen LogP) is 3.13. The van der Waals surface area contributed by atoms with Crippen molar-refractivity contribution in [1.29, 1.82) is 5.26 Å². The maximum Gasteiger partial charge on any atom is 0.303 e. The normalized spacial score (nSPS) is 24.4. The number of hydrogen-bond donors (Lipinski definition) is 0. The fourth-order valence-electron chi connectivity index (χ4n) is 2.98. The van der Waals surface area contributed by atoms with Gasteiger partial charge in [0.2, 0.25) is 0 Å². The molecular weight excluding hydrogens is 464 g/mol. The van der Waals surface area contributed by atoms with E-state index in [0.717, 1.165) is 25.6 Å². The number of carbonyl (C=O) groups excluding carboxylic acids is 3. The average Bonchev–Trinajstić information content (AvgIpc) is 2.70. The molecule has 1 aromatic rings. The molecule has 0 bridgehead atoms. The minimum absolute atomic E-state index is 0.281. The van der Waals surface area contributed by atoms with Crippen molar-refractivity contribution in [3.8, 4) is 6.07 Å². The Bertz CT molecular complexity index is 979. The molecule has 170 valence electrons. The van der Waals surface area contributed by atoms with Crippen LogP contribution >= 0.6 is 23.4 Å². The highest BCUT2D eigenvalue weighted by molar-refractivity contribution is 7.99. The Hall–Kier alpha value is -2.97. The first-order chi connectivity index (χ1) is 15.2. The van der Waals surface area contributed by atoms with E-state index in [1.54, 1.807) is 6.07 Å². The van der Waals surface area contributed by atoms with Crippen LogP contribution in [0.2, 0.25) is 5.02 Å². The topological polar surface area (TPSA) is 161 Å². The van der Waals surface area contributed by atoms with Crippen molar-refractivity contribution in [2.75, 3.05) is 6.61 Å². The lowest BCUT2D eigenvalue weighted by Crippen LogP contribution is -2.59. The summed E-state index contributed by atoms with van der Waals surface area (Å²) < 4.78 is 21.6. The van der Waals surface area contributed by atoms with Gasteiger partial charge in [0.1, 0.15) is 42.5 Å². The number of hydrogen-bond acceptors (Lipinski definition) is 10. The van der Waals surface area contributed by atoms with Gasteiger partial charge in [-0.2, -0.15) is 5.26 Å². The SMILES string of the molecule is CC(=O)OCC1O[C@H](Sc2cc(Cl)ccc2C#N)C(OC(C)=O)C(N=[N+]=[N-])[C@H]1OC(C)=O. The third kappa shape index (κ3) is 6.77. The molecule has 0 amide bonds. The third-order valence-electron chi connectivity index (χ3n) is 4.16. The van der Waals surface area contributed by atoms with Crippen LogP contribution < -0.4 is 0 Å². The highest BCUT2D eigenvalue weighted by Gasteiger charge is 2.50. The van der Waals surface area contributed by atoms with Crippen LogP contribution in [0.4, 0.5) is 0 Å². The molecule has 0 N–H and O–H groups in total. The molecule has 0 spiro atoms. The molecule has 1 aliphatic heterocycles. The van der Waals surface area contributed by atoms with E-state index in [-0.39, 0.29) is 12.2 Å². The van der Waals surface area contributed by atoms with Gasteiger partial charge in [-0.05, 0) is 23.7 Å². The van der Waals surface area contributed by atoms with Crippen molar-refractivity contribution in [3.63, 3.8) is 0 Å². The summed E-state index contributed by atoms with van der Waals surface area (Å²) in [6.07, 6.45) is -3.46. The van der Waals surface area contributed by atoms with E-state index in [1.165, 1.54) is 19.1 Å². The van der Waals surface area contributed by atoms with Gasteiger partial charge < -0.3 is 18.9 Å². The summed E-state index contributed by atoms with van der Waals surface area (Å²) in [6.45, 7) is 3.16. The van der Waals surface area contributed by atoms with Gasteiger partial charge in [-0.1, -0.05) is 28.5 Å². The quantitative estimate of drug-likeness (QED) is 0.187. The van der Waals surface area contributed by atoms with Crippen molar-refractivity contribution in [2.45, 2.75) is 55.5 Å². The Morgan fingerprint density at radius 3 is 2.44 bits per heavy atom. The zero-order chi connectivity index (χ0) is 23.8. The van der Waals surface area contributed by atoms with Crippen molar-refractivity contribution in [1.82, 2.24) is 0 Å². The second-order valence-corrected chi connectivity index (χ2v) is 8.14. The Morgan fingerprint density at radius 2 is 1.88 bits per heavy atom. The lowest BCUT2D eigenvalue weighted by atomic mass is 9.97. The Kier molecular flexibility index (Phi) is 9.16. The molecule has 1 aromatic carbocycles. The van der Waals surface area contributed by atoms with E-state index in [9.17, 15) is 19.6 Å². The third-order valence-corrected chi connectivity index (χ3v) is 5.60. The van der Waals surface area contributed by atoms with Gasteiger partial charge in [-0.3, -0.25) is 14.4 Å². The van der Waals surface area contributed by atoms with Gasteiger partial charge in [0.15, 0.2) is 0 Å². The summed E-state index contributed by atoms with van der Waals surface area (Å²) in [6, 6.07) is 5.40. The first-order valence-corrected chi connectivity index (χ1v) is 10.5. The lowest BCUT2D eigenvalue weighted by Gasteiger charge is -2.43. The van der Waals surface area contributed by atoms with E-state index in [4.69, 9.17) is 36.1 Å². The Balaban J connectivity index is 2.51. The van der Waals surface area contributed by atoms with Crippen molar-refractivity contribution >= 4 is 41.3 Å². The van der Waals surface area contributed by atoms with Gasteiger partial charge in [0.05, 0.1) is 5.56 Å². The second kappa shape index (κ2) is 11.6. The summed E-state index contributed by atoms with van der Waals surface area (Å²) in [4.78, 5) is 38.0. The summed E-state index contributed by atoms with van der Waals surface area (Å²) in [5, 5.41) is 13.4. The molecule has 0 aliphatic carbocycles. The molecule has 32 heavy (non-hydrogen) atoms. The maximum absolute atomic E-state index is 11.8. The van der Waals surface area contributed by atoms with Gasteiger partial charge >= 0.3 is 17.9 Å². The number of esters is 3. The standard InChI is InChI=1S/C19H19ClN4O7S/c1-9(25)28-8-14-17(29-10(2)26)16(23-24-22)18(30-11(3)27)19(31-14)32-15-6-13(20)5-4-12(15)7-21/h4-6,14,16-19H,8H2,1-3H3/t14?,16?,17-,18?,19+/m0/s1. The summed E-state index contributed by atoms with van der Waals surface area (Å²) in [7, 11) is 0. The first kappa shape index (κ1) is 25.3. The van der Waals surface area contributed by atoms with Crippen LogP contribution in [0.15, 0.2) is 28.2 Å². The van der Waals surface area contributed by atoms with Gasteiger partial charge in [-0.25, -0.2) is 0 Å². The molecule has 5 atom stereocenters. The summed E-state index contributed by atoms with van der Waals surface area (Å²) in [5.74, 6) is -2.02. The number of benzene rings is 1. The molecule has 1 saturated heterocycles. The molecule has 2 rings (SSSR count). The van der Waals surface area contributed by atoms with E-state index in [1.807, 2.05) is 6.07 Å². The minimum atomic E-state index is -1.21. The largest absolute Gasteiger partial charge is 0.463 e. The molecule has 1 fully saturated rings. The number of azide groups is 1. The van der Waals surface area contributed by atoms with Gasteiger partial charge in [0, 0.05) is 35.6 Å². The summed E-state index contributed by atoms with van der Waals surface area (Å²) >= 11 is 7.05.